The Hall–Kier alpha value is -1.77. The highest BCUT2D eigenvalue weighted by molar-refractivity contribution is 6.43. The number of rotatable bonds is 1. The highest BCUT2D eigenvalue weighted by atomic mass is 35.5. The first-order valence-corrected chi connectivity index (χ1v) is 6.38. The van der Waals surface area contributed by atoms with Crippen LogP contribution in [0, 0.1) is 0 Å². The Morgan fingerprint density at radius 2 is 1.58 bits per heavy atom. The summed E-state index contributed by atoms with van der Waals surface area (Å²) in [5.74, 6) is -0.217. The molecule has 4 heteroatoms. The molecule has 0 heterocycles. The predicted octanol–water partition coefficient (Wildman–Crippen LogP) is 4.62. The minimum atomic E-state index is -0.202. The number of aliphatic hydroxyl groups excluding tert-OH is 1. The molecule has 0 saturated carbocycles. The Balaban J connectivity index is 2.19. The van der Waals surface area contributed by atoms with Crippen LogP contribution in [-0.2, 0) is 0 Å². The quantitative estimate of drug-likeness (QED) is 0.832. The van der Waals surface area contributed by atoms with Gasteiger partial charge in [-0.1, -0.05) is 53.5 Å². The van der Waals surface area contributed by atoms with Gasteiger partial charge in [-0.2, -0.15) is 0 Å². The van der Waals surface area contributed by atoms with Gasteiger partial charge in [0.2, 0.25) is 0 Å². The molecular formula is C15H8Cl2O2. The van der Waals surface area contributed by atoms with E-state index in [2.05, 4.69) is 0 Å². The molecule has 1 aliphatic carbocycles. The van der Waals surface area contributed by atoms with E-state index in [1.807, 2.05) is 0 Å². The summed E-state index contributed by atoms with van der Waals surface area (Å²) in [6, 6.07) is 11.8. The van der Waals surface area contributed by atoms with Crippen molar-refractivity contribution in [3.63, 3.8) is 0 Å². The molecule has 1 N–H and O–H groups in total. The molecule has 0 atom stereocenters. The zero-order valence-corrected chi connectivity index (χ0v) is 11.2. The smallest absolute Gasteiger partial charge is 0.198 e. The standard InChI is InChI=1S/C15H8Cl2O2/c16-11-6-5-8(7-12(11)17)13-14(18)9-3-1-2-4-10(9)15(13)19/h1-7,18H. The summed E-state index contributed by atoms with van der Waals surface area (Å²) in [5, 5.41) is 11.0. The minimum absolute atomic E-state index is 0.0148. The van der Waals surface area contributed by atoms with Crippen LogP contribution in [0.2, 0.25) is 10.0 Å². The van der Waals surface area contributed by atoms with Crippen molar-refractivity contribution < 1.29 is 9.90 Å². The first-order valence-electron chi connectivity index (χ1n) is 5.62. The first kappa shape index (κ1) is 12.3. The predicted molar refractivity (Wildman–Crippen MR) is 76.7 cm³/mol. The third-order valence-corrected chi connectivity index (χ3v) is 3.84. The van der Waals surface area contributed by atoms with Gasteiger partial charge in [0.15, 0.2) is 5.78 Å². The summed E-state index contributed by atoms with van der Waals surface area (Å²) < 4.78 is 0. The molecule has 94 valence electrons. The third kappa shape index (κ3) is 1.84. The molecule has 0 fully saturated rings. The lowest BCUT2D eigenvalue weighted by Crippen LogP contribution is -1.98. The zero-order valence-electron chi connectivity index (χ0n) is 9.65. The largest absolute Gasteiger partial charge is 0.507 e. The second kappa shape index (κ2) is 4.41. The van der Waals surface area contributed by atoms with Crippen LogP contribution in [0.3, 0.4) is 0 Å². The SMILES string of the molecule is O=C1C(c2ccc(Cl)c(Cl)c2)=C(O)c2ccccc21. The summed E-state index contributed by atoms with van der Waals surface area (Å²) in [5.41, 5.74) is 1.88. The van der Waals surface area contributed by atoms with Crippen molar-refractivity contribution in [1.82, 2.24) is 0 Å². The Labute approximate surface area is 119 Å². The number of hydrogen-bond donors (Lipinski definition) is 1. The van der Waals surface area contributed by atoms with Crippen LogP contribution < -0.4 is 0 Å². The first-order chi connectivity index (χ1) is 9.09. The molecule has 1 aliphatic rings. The molecule has 3 rings (SSSR count). The highest BCUT2D eigenvalue weighted by Gasteiger charge is 2.30. The second-order valence-electron chi connectivity index (χ2n) is 4.23. The van der Waals surface area contributed by atoms with Crippen molar-refractivity contribution in [2.24, 2.45) is 0 Å². The lowest BCUT2D eigenvalue weighted by atomic mass is 10.0. The number of ketones is 1. The number of benzene rings is 2. The normalized spacial score (nSPS) is 13.9. The fraction of sp³-hybridized carbons (Fsp3) is 0. The molecule has 2 nitrogen and oxygen atoms in total. The average molecular weight is 291 g/mol. The number of allylic oxidation sites excluding steroid dienone is 1. The van der Waals surface area contributed by atoms with Gasteiger partial charge in [0.25, 0.3) is 0 Å². The minimum Gasteiger partial charge on any atom is -0.507 e. The van der Waals surface area contributed by atoms with Crippen LogP contribution in [-0.4, -0.2) is 10.9 Å². The fourth-order valence-corrected chi connectivity index (χ4v) is 2.48. The summed E-state index contributed by atoms with van der Waals surface area (Å²) in [6.45, 7) is 0. The number of carbonyl (C=O) groups is 1. The van der Waals surface area contributed by atoms with Crippen molar-refractivity contribution >= 4 is 40.3 Å². The second-order valence-corrected chi connectivity index (χ2v) is 5.04. The summed E-state index contributed by atoms with van der Waals surface area (Å²) in [4.78, 5) is 12.3. The van der Waals surface area contributed by atoms with E-state index in [0.29, 0.717) is 26.7 Å². The van der Waals surface area contributed by atoms with E-state index < -0.39 is 0 Å². The monoisotopic (exact) mass is 290 g/mol. The molecule has 19 heavy (non-hydrogen) atoms. The Kier molecular flexibility index (Phi) is 2.85. The van der Waals surface area contributed by atoms with Gasteiger partial charge in [0.1, 0.15) is 5.76 Å². The molecule has 0 radical (unpaired) electrons. The maximum atomic E-state index is 12.3. The van der Waals surface area contributed by atoms with Gasteiger partial charge < -0.3 is 5.11 Å². The van der Waals surface area contributed by atoms with Crippen molar-refractivity contribution in [1.29, 1.82) is 0 Å². The van der Waals surface area contributed by atoms with Crippen molar-refractivity contribution in [3.05, 3.63) is 69.2 Å². The highest BCUT2D eigenvalue weighted by Crippen LogP contribution is 2.38. The van der Waals surface area contributed by atoms with Crippen LogP contribution in [0.4, 0.5) is 0 Å². The molecule has 0 amide bonds. The summed E-state index contributed by atoms with van der Waals surface area (Å²) in [7, 11) is 0. The van der Waals surface area contributed by atoms with E-state index in [1.54, 1.807) is 42.5 Å². The summed E-state index contributed by atoms with van der Waals surface area (Å²) in [6.07, 6.45) is 0. The maximum Gasteiger partial charge on any atom is 0.198 e. The molecule has 0 saturated heterocycles. The zero-order chi connectivity index (χ0) is 13.6. The number of hydrogen-bond acceptors (Lipinski definition) is 2. The fourth-order valence-electron chi connectivity index (χ4n) is 2.18. The molecule has 2 aromatic carbocycles. The van der Waals surface area contributed by atoms with E-state index in [9.17, 15) is 9.90 Å². The van der Waals surface area contributed by atoms with Crippen molar-refractivity contribution in [2.75, 3.05) is 0 Å². The molecule has 0 unspecified atom stereocenters. The topological polar surface area (TPSA) is 37.3 Å². The van der Waals surface area contributed by atoms with Crippen LogP contribution >= 0.6 is 23.2 Å². The number of halogens is 2. The number of Topliss-reactive ketones (excluding diaryl/α,β-unsaturated/α-hetero) is 1. The Morgan fingerprint density at radius 3 is 2.21 bits per heavy atom. The molecule has 2 aromatic rings. The van der Waals surface area contributed by atoms with Crippen LogP contribution in [0.25, 0.3) is 11.3 Å². The van der Waals surface area contributed by atoms with Gasteiger partial charge in [0, 0.05) is 11.1 Å². The molecule has 0 bridgehead atoms. The number of aliphatic hydroxyl groups is 1. The lowest BCUT2D eigenvalue weighted by molar-refractivity contribution is 0.105. The van der Waals surface area contributed by atoms with E-state index in [0.717, 1.165) is 0 Å². The van der Waals surface area contributed by atoms with Gasteiger partial charge in [-0.05, 0) is 17.7 Å². The molecule has 0 aromatic heterocycles. The van der Waals surface area contributed by atoms with E-state index >= 15 is 0 Å². The van der Waals surface area contributed by atoms with Gasteiger partial charge in [-0.25, -0.2) is 0 Å². The van der Waals surface area contributed by atoms with Gasteiger partial charge in [-0.15, -0.1) is 0 Å². The Bertz CT molecular complexity index is 733. The molecule has 0 spiro atoms. The van der Waals surface area contributed by atoms with E-state index in [1.165, 1.54) is 0 Å². The number of carbonyl (C=O) groups excluding carboxylic acids is 1. The molecular weight excluding hydrogens is 283 g/mol. The van der Waals surface area contributed by atoms with Crippen molar-refractivity contribution in [2.45, 2.75) is 0 Å². The van der Waals surface area contributed by atoms with Crippen LogP contribution in [0.5, 0.6) is 0 Å². The van der Waals surface area contributed by atoms with Crippen molar-refractivity contribution in [3.8, 4) is 0 Å². The Morgan fingerprint density at radius 1 is 0.895 bits per heavy atom. The van der Waals surface area contributed by atoms with E-state index in [-0.39, 0.29) is 17.1 Å². The van der Waals surface area contributed by atoms with Gasteiger partial charge in [-0.3, -0.25) is 4.79 Å². The number of fused-ring (bicyclic) bond motifs is 1. The third-order valence-electron chi connectivity index (χ3n) is 3.10. The average Bonchev–Trinajstić information content (AvgIpc) is 2.66. The van der Waals surface area contributed by atoms with Crippen LogP contribution in [0.15, 0.2) is 42.5 Å². The van der Waals surface area contributed by atoms with Crippen LogP contribution in [0.1, 0.15) is 21.5 Å². The summed E-state index contributed by atoms with van der Waals surface area (Å²) >= 11 is 11.8. The molecule has 0 aliphatic heterocycles. The maximum absolute atomic E-state index is 12.3. The van der Waals surface area contributed by atoms with Gasteiger partial charge in [0.05, 0.1) is 15.6 Å². The van der Waals surface area contributed by atoms with Gasteiger partial charge >= 0.3 is 0 Å². The van der Waals surface area contributed by atoms with E-state index in [4.69, 9.17) is 23.2 Å². The lowest BCUT2D eigenvalue weighted by Gasteiger charge is -2.04.